The largest absolute Gasteiger partial charge is 0.340 e. The molecule has 1 heterocycles. The second-order valence-corrected chi connectivity index (χ2v) is 7.79. The predicted molar refractivity (Wildman–Crippen MR) is 91.9 cm³/mol. The van der Waals surface area contributed by atoms with Gasteiger partial charge in [0.1, 0.15) is 5.82 Å². The van der Waals surface area contributed by atoms with E-state index in [1.807, 2.05) is 0 Å². The fourth-order valence-electron chi connectivity index (χ4n) is 2.79. The Balaban J connectivity index is 2.00. The van der Waals surface area contributed by atoms with Crippen LogP contribution in [0.25, 0.3) is 0 Å². The smallest absolute Gasteiger partial charge is 0.232 e. The molecule has 0 N–H and O–H groups in total. The molecule has 0 atom stereocenters. The maximum absolute atomic E-state index is 13.4. The van der Waals surface area contributed by atoms with Crippen molar-refractivity contribution in [3.8, 4) is 0 Å². The molecule has 0 aliphatic carbocycles. The highest BCUT2D eigenvalue weighted by Gasteiger charge is 2.23. The van der Waals surface area contributed by atoms with Crippen molar-refractivity contribution in [2.75, 3.05) is 49.8 Å². The lowest BCUT2D eigenvalue weighted by Crippen LogP contribution is -2.49. The van der Waals surface area contributed by atoms with E-state index in [-0.39, 0.29) is 24.6 Å². The van der Waals surface area contributed by atoms with E-state index in [0.29, 0.717) is 13.1 Å². The number of likely N-dealkylation sites (N-methyl/N-ethyl adjacent to an activating group) is 1. The zero-order valence-electron chi connectivity index (χ0n) is 14.1. The van der Waals surface area contributed by atoms with Crippen LogP contribution in [-0.2, 0) is 14.8 Å². The number of piperazine rings is 1. The minimum atomic E-state index is -3.59. The number of amides is 1. The number of benzene rings is 1. The summed E-state index contributed by atoms with van der Waals surface area (Å²) >= 11 is 0. The number of anilines is 1. The molecule has 6 nitrogen and oxygen atoms in total. The Kier molecular flexibility index (Phi) is 6.17. The number of nitrogens with zero attached hydrogens (tertiary/aromatic N) is 3. The van der Waals surface area contributed by atoms with Gasteiger partial charge < -0.3 is 9.80 Å². The number of sulfonamides is 1. The van der Waals surface area contributed by atoms with Crippen LogP contribution < -0.4 is 4.31 Å². The zero-order chi connectivity index (χ0) is 17.7. The van der Waals surface area contributed by atoms with E-state index in [9.17, 15) is 17.6 Å². The highest BCUT2D eigenvalue weighted by Crippen LogP contribution is 2.19. The van der Waals surface area contributed by atoms with Gasteiger partial charge in [-0.15, -0.1) is 0 Å². The summed E-state index contributed by atoms with van der Waals surface area (Å²) in [6, 6.07) is 5.39. The van der Waals surface area contributed by atoms with Crippen LogP contribution >= 0.6 is 0 Å². The first-order valence-corrected chi connectivity index (χ1v) is 9.89. The number of carbonyl (C=O) groups is 1. The van der Waals surface area contributed by atoms with Crippen molar-refractivity contribution in [2.45, 2.75) is 13.3 Å². The standard InChI is InChI=1S/C16H24FN3O3S/c1-3-18-9-11-19(12-10-18)16(21)7-8-20(24(2,22)23)15-6-4-5-14(17)13-15/h4-6,13H,3,7-12H2,1-2H3. The average Bonchev–Trinajstić information content (AvgIpc) is 2.54. The Labute approximate surface area is 142 Å². The van der Waals surface area contributed by atoms with E-state index < -0.39 is 15.8 Å². The summed E-state index contributed by atoms with van der Waals surface area (Å²) in [4.78, 5) is 16.4. The van der Waals surface area contributed by atoms with Gasteiger partial charge in [-0.3, -0.25) is 9.10 Å². The summed E-state index contributed by atoms with van der Waals surface area (Å²) in [5, 5.41) is 0. The molecule has 1 aromatic carbocycles. The minimum absolute atomic E-state index is 0.00904. The first kappa shape index (κ1) is 18.7. The summed E-state index contributed by atoms with van der Waals surface area (Å²) in [5.74, 6) is -0.584. The Morgan fingerprint density at radius 1 is 1.25 bits per heavy atom. The van der Waals surface area contributed by atoms with Crippen LogP contribution in [0.15, 0.2) is 24.3 Å². The van der Waals surface area contributed by atoms with Crippen molar-refractivity contribution in [3.63, 3.8) is 0 Å². The SMILES string of the molecule is CCN1CCN(C(=O)CCN(c2cccc(F)c2)S(C)(=O)=O)CC1. The molecule has 8 heteroatoms. The monoisotopic (exact) mass is 357 g/mol. The van der Waals surface area contributed by atoms with E-state index in [1.165, 1.54) is 18.2 Å². The van der Waals surface area contributed by atoms with Gasteiger partial charge in [0.05, 0.1) is 11.9 Å². The Morgan fingerprint density at radius 3 is 2.46 bits per heavy atom. The van der Waals surface area contributed by atoms with Gasteiger partial charge in [0, 0.05) is 39.1 Å². The molecule has 1 aromatic rings. The van der Waals surface area contributed by atoms with Gasteiger partial charge >= 0.3 is 0 Å². The van der Waals surface area contributed by atoms with Crippen LogP contribution in [0.1, 0.15) is 13.3 Å². The van der Waals surface area contributed by atoms with Gasteiger partial charge in [-0.1, -0.05) is 13.0 Å². The second-order valence-electron chi connectivity index (χ2n) is 5.88. The van der Waals surface area contributed by atoms with Crippen LogP contribution in [0, 0.1) is 5.82 Å². The summed E-state index contributed by atoms with van der Waals surface area (Å²) in [7, 11) is -3.59. The molecule has 1 aliphatic heterocycles. The molecule has 134 valence electrons. The molecule has 24 heavy (non-hydrogen) atoms. The van der Waals surface area contributed by atoms with Crippen LogP contribution in [0.5, 0.6) is 0 Å². The summed E-state index contributed by atoms with van der Waals surface area (Å²) in [5.41, 5.74) is 0.237. The predicted octanol–water partition coefficient (Wildman–Crippen LogP) is 1.15. The van der Waals surface area contributed by atoms with Crippen molar-refractivity contribution in [1.82, 2.24) is 9.80 Å². The van der Waals surface area contributed by atoms with Crippen LogP contribution in [-0.4, -0.2) is 69.6 Å². The zero-order valence-corrected chi connectivity index (χ0v) is 14.9. The molecule has 0 aromatic heterocycles. The van der Waals surface area contributed by atoms with Crippen LogP contribution in [0.2, 0.25) is 0 Å². The van der Waals surface area contributed by atoms with Gasteiger partial charge in [-0.05, 0) is 24.7 Å². The normalized spacial score (nSPS) is 16.2. The van der Waals surface area contributed by atoms with Gasteiger partial charge in [-0.2, -0.15) is 0 Å². The minimum Gasteiger partial charge on any atom is -0.340 e. The molecule has 1 fully saturated rings. The number of rotatable bonds is 6. The lowest BCUT2D eigenvalue weighted by atomic mass is 10.2. The molecule has 0 unspecified atom stereocenters. The molecule has 0 saturated carbocycles. The third-order valence-electron chi connectivity index (χ3n) is 4.20. The van der Waals surface area contributed by atoms with Gasteiger partial charge in [-0.25, -0.2) is 12.8 Å². The molecule has 1 saturated heterocycles. The van der Waals surface area contributed by atoms with Crippen molar-refractivity contribution < 1.29 is 17.6 Å². The number of hydrogen-bond acceptors (Lipinski definition) is 4. The van der Waals surface area contributed by atoms with E-state index in [4.69, 9.17) is 0 Å². The van der Waals surface area contributed by atoms with Crippen molar-refractivity contribution in [1.29, 1.82) is 0 Å². The highest BCUT2D eigenvalue weighted by molar-refractivity contribution is 7.92. The third kappa shape index (κ3) is 4.91. The molecule has 1 aliphatic rings. The fourth-order valence-corrected chi connectivity index (χ4v) is 3.71. The number of carbonyl (C=O) groups excluding carboxylic acids is 1. The first-order chi connectivity index (χ1) is 11.3. The highest BCUT2D eigenvalue weighted by atomic mass is 32.2. The van der Waals surface area contributed by atoms with E-state index in [1.54, 1.807) is 4.90 Å². The molecule has 0 bridgehead atoms. The van der Waals surface area contributed by atoms with Crippen molar-refractivity contribution >= 4 is 21.6 Å². The lowest BCUT2D eigenvalue weighted by Gasteiger charge is -2.34. The Morgan fingerprint density at radius 2 is 1.92 bits per heavy atom. The maximum atomic E-state index is 13.4. The third-order valence-corrected chi connectivity index (χ3v) is 5.39. The molecular weight excluding hydrogens is 333 g/mol. The quantitative estimate of drug-likeness (QED) is 0.766. The van der Waals surface area contributed by atoms with Gasteiger partial charge in [0.25, 0.3) is 0 Å². The average molecular weight is 357 g/mol. The maximum Gasteiger partial charge on any atom is 0.232 e. The topological polar surface area (TPSA) is 60.9 Å². The van der Waals surface area contributed by atoms with E-state index in [0.717, 1.165) is 36.3 Å². The van der Waals surface area contributed by atoms with Crippen LogP contribution in [0.4, 0.5) is 10.1 Å². The molecule has 2 rings (SSSR count). The van der Waals surface area contributed by atoms with Crippen molar-refractivity contribution in [3.05, 3.63) is 30.1 Å². The summed E-state index contributed by atoms with van der Waals surface area (Å²) in [6.07, 6.45) is 1.14. The molecule has 0 radical (unpaired) electrons. The number of halogens is 1. The molecule has 0 spiro atoms. The Bertz CT molecular complexity index is 673. The number of hydrogen-bond donors (Lipinski definition) is 0. The summed E-state index contributed by atoms with van der Waals surface area (Å²) in [6.45, 7) is 6.04. The molecular formula is C16H24FN3O3S. The fraction of sp³-hybridized carbons (Fsp3) is 0.562. The van der Waals surface area contributed by atoms with E-state index in [2.05, 4.69) is 11.8 Å². The summed E-state index contributed by atoms with van der Waals surface area (Å²) < 4.78 is 38.4. The Hall–Kier alpha value is -1.67. The van der Waals surface area contributed by atoms with Crippen LogP contribution in [0.3, 0.4) is 0 Å². The lowest BCUT2D eigenvalue weighted by molar-refractivity contribution is -0.132. The van der Waals surface area contributed by atoms with Crippen molar-refractivity contribution in [2.24, 2.45) is 0 Å². The second kappa shape index (κ2) is 7.94. The van der Waals surface area contributed by atoms with E-state index >= 15 is 0 Å². The molecule has 1 amide bonds. The van der Waals surface area contributed by atoms with Gasteiger partial charge in [0.2, 0.25) is 15.9 Å². The first-order valence-electron chi connectivity index (χ1n) is 8.04. The van der Waals surface area contributed by atoms with Gasteiger partial charge in [0.15, 0.2) is 0 Å².